The van der Waals surface area contributed by atoms with Crippen molar-refractivity contribution in [3.05, 3.63) is 57.9 Å². The summed E-state index contributed by atoms with van der Waals surface area (Å²) in [5.74, 6) is -0.713. The number of halogens is 1. The lowest BCUT2D eigenvalue weighted by atomic mass is 10.0. The number of rotatable bonds is 9. The third-order valence-corrected chi connectivity index (χ3v) is 8.27. The molecule has 0 aliphatic rings. The molecule has 1 heterocycles. The van der Waals surface area contributed by atoms with E-state index in [1.165, 1.54) is 35.6 Å². The highest BCUT2D eigenvalue weighted by Crippen LogP contribution is 2.24. The van der Waals surface area contributed by atoms with Gasteiger partial charge in [0.25, 0.3) is 0 Å². The molecular weight excluding hydrogens is 496 g/mol. The Morgan fingerprint density at radius 1 is 1.15 bits per heavy atom. The van der Waals surface area contributed by atoms with Crippen LogP contribution in [0.2, 0.25) is 5.02 Å². The summed E-state index contributed by atoms with van der Waals surface area (Å²) in [6, 6.07) is 11.9. The van der Waals surface area contributed by atoms with E-state index < -0.39 is 21.7 Å². The number of fused-ring (bicyclic) bond motifs is 1. The van der Waals surface area contributed by atoms with E-state index in [-0.39, 0.29) is 36.6 Å². The van der Waals surface area contributed by atoms with Crippen molar-refractivity contribution in [1.29, 1.82) is 0 Å². The Morgan fingerprint density at radius 3 is 2.50 bits per heavy atom. The number of benzene rings is 2. The monoisotopic (exact) mass is 522 g/mol. The first-order chi connectivity index (χ1) is 16.1. The molecule has 10 heteroatoms. The summed E-state index contributed by atoms with van der Waals surface area (Å²) in [6.45, 7) is 6.11. The summed E-state index contributed by atoms with van der Waals surface area (Å²) in [7, 11) is -3.53. The van der Waals surface area contributed by atoms with Gasteiger partial charge in [0.2, 0.25) is 5.91 Å². The maximum absolute atomic E-state index is 12.6. The van der Waals surface area contributed by atoms with Gasteiger partial charge in [0, 0.05) is 11.4 Å². The molecule has 2 aromatic carbocycles. The summed E-state index contributed by atoms with van der Waals surface area (Å²) in [5.41, 5.74) is 1.93. The van der Waals surface area contributed by atoms with E-state index in [2.05, 4.69) is 18.8 Å². The van der Waals surface area contributed by atoms with Gasteiger partial charge in [-0.25, -0.2) is 8.42 Å². The minimum absolute atomic E-state index is 0.0300. The van der Waals surface area contributed by atoms with Crippen molar-refractivity contribution >= 4 is 54.9 Å². The SMILES string of the molecule is CCOC(=O)Cn1c(=NC(=O)CCCS(=O)(=O)c2ccc(Cl)cc2)sc2cc(C(C)C)ccc21. The number of nitrogens with zero attached hydrogens (tertiary/aromatic N) is 2. The van der Waals surface area contributed by atoms with Crippen molar-refractivity contribution in [2.24, 2.45) is 4.99 Å². The van der Waals surface area contributed by atoms with Crippen LogP contribution in [0.15, 0.2) is 52.4 Å². The molecule has 0 spiro atoms. The number of sulfone groups is 1. The van der Waals surface area contributed by atoms with Gasteiger partial charge in [0.1, 0.15) is 6.54 Å². The molecule has 182 valence electrons. The van der Waals surface area contributed by atoms with Crippen LogP contribution in [0.1, 0.15) is 45.1 Å². The summed E-state index contributed by atoms with van der Waals surface area (Å²) < 4.78 is 32.6. The third-order valence-electron chi connectivity index (χ3n) is 5.16. The molecule has 0 N–H and O–H groups in total. The van der Waals surface area contributed by atoms with Crippen LogP contribution >= 0.6 is 22.9 Å². The van der Waals surface area contributed by atoms with Crippen molar-refractivity contribution in [2.75, 3.05) is 12.4 Å². The Morgan fingerprint density at radius 2 is 1.85 bits per heavy atom. The topological polar surface area (TPSA) is 94.8 Å². The second-order valence-electron chi connectivity index (χ2n) is 8.04. The first-order valence-corrected chi connectivity index (χ1v) is 13.8. The number of thiazole rings is 1. The molecule has 1 amide bonds. The first-order valence-electron chi connectivity index (χ1n) is 11.0. The normalized spacial score (nSPS) is 12.4. The molecule has 0 fully saturated rings. The molecule has 0 saturated carbocycles. The van der Waals surface area contributed by atoms with E-state index in [4.69, 9.17) is 16.3 Å². The van der Waals surface area contributed by atoms with Crippen LogP contribution < -0.4 is 4.80 Å². The van der Waals surface area contributed by atoms with E-state index in [0.717, 1.165) is 15.8 Å². The molecule has 0 unspecified atom stereocenters. The maximum Gasteiger partial charge on any atom is 0.326 e. The van der Waals surface area contributed by atoms with Crippen molar-refractivity contribution in [1.82, 2.24) is 4.57 Å². The van der Waals surface area contributed by atoms with Gasteiger partial charge >= 0.3 is 5.97 Å². The number of aromatic nitrogens is 1. The predicted octanol–water partition coefficient (Wildman–Crippen LogP) is 4.72. The summed E-state index contributed by atoms with van der Waals surface area (Å²) in [4.78, 5) is 29.5. The van der Waals surface area contributed by atoms with Crippen LogP contribution in [-0.4, -0.2) is 37.2 Å². The zero-order chi connectivity index (χ0) is 24.9. The maximum atomic E-state index is 12.6. The molecular formula is C24H27ClN2O5S2. The second kappa shape index (κ2) is 11.3. The van der Waals surface area contributed by atoms with Crippen molar-refractivity contribution in [3.8, 4) is 0 Å². The minimum atomic E-state index is -3.53. The van der Waals surface area contributed by atoms with Crippen LogP contribution in [0.4, 0.5) is 0 Å². The quantitative estimate of drug-likeness (QED) is 0.379. The average molecular weight is 523 g/mol. The second-order valence-corrected chi connectivity index (χ2v) is 11.6. The van der Waals surface area contributed by atoms with Gasteiger partial charge in [0.15, 0.2) is 14.6 Å². The number of ether oxygens (including phenoxy) is 1. The Balaban J connectivity index is 1.82. The summed E-state index contributed by atoms with van der Waals surface area (Å²) in [6.07, 6.45) is 0.102. The van der Waals surface area contributed by atoms with E-state index in [1.54, 1.807) is 11.5 Å². The van der Waals surface area contributed by atoms with E-state index >= 15 is 0 Å². The molecule has 34 heavy (non-hydrogen) atoms. The van der Waals surface area contributed by atoms with Gasteiger partial charge in [-0.1, -0.05) is 42.9 Å². The van der Waals surface area contributed by atoms with E-state index in [9.17, 15) is 18.0 Å². The largest absolute Gasteiger partial charge is 0.465 e. The lowest BCUT2D eigenvalue weighted by Crippen LogP contribution is -2.23. The highest BCUT2D eigenvalue weighted by molar-refractivity contribution is 7.91. The fourth-order valence-corrected chi connectivity index (χ4v) is 5.89. The van der Waals surface area contributed by atoms with Crippen LogP contribution in [0.5, 0.6) is 0 Å². The number of esters is 1. The molecule has 3 rings (SSSR count). The Labute approximate surface area is 208 Å². The van der Waals surface area contributed by atoms with Gasteiger partial charge in [-0.15, -0.1) is 0 Å². The highest BCUT2D eigenvalue weighted by atomic mass is 35.5. The molecule has 0 aliphatic carbocycles. The molecule has 1 aromatic heterocycles. The summed E-state index contributed by atoms with van der Waals surface area (Å²) >= 11 is 7.14. The molecule has 7 nitrogen and oxygen atoms in total. The third kappa shape index (κ3) is 6.55. The van der Waals surface area contributed by atoms with Crippen molar-refractivity contribution < 1.29 is 22.7 Å². The number of hydrogen-bond donors (Lipinski definition) is 0. The number of amides is 1. The Kier molecular flexibility index (Phi) is 8.67. The van der Waals surface area contributed by atoms with E-state index in [1.807, 2.05) is 18.2 Å². The molecule has 0 saturated heterocycles. The number of carbonyl (C=O) groups is 2. The van der Waals surface area contributed by atoms with Gasteiger partial charge in [-0.05, 0) is 61.2 Å². The molecule has 3 aromatic rings. The van der Waals surface area contributed by atoms with Crippen molar-refractivity contribution in [3.63, 3.8) is 0 Å². The van der Waals surface area contributed by atoms with Crippen LogP contribution in [0.3, 0.4) is 0 Å². The van der Waals surface area contributed by atoms with Gasteiger partial charge in [0.05, 0.1) is 27.5 Å². The van der Waals surface area contributed by atoms with Crippen LogP contribution in [0, 0.1) is 0 Å². The zero-order valence-corrected chi connectivity index (χ0v) is 21.7. The number of carbonyl (C=O) groups excluding carboxylic acids is 2. The molecule has 0 bridgehead atoms. The van der Waals surface area contributed by atoms with E-state index in [0.29, 0.717) is 15.7 Å². The van der Waals surface area contributed by atoms with Crippen molar-refractivity contribution in [2.45, 2.75) is 51.0 Å². The average Bonchev–Trinajstić information content (AvgIpc) is 3.10. The molecule has 0 aliphatic heterocycles. The summed E-state index contributed by atoms with van der Waals surface area (Å²) in [5, 5.41) is 0.452. The standard InChI is InChI=1S/C24H27ClN2O5S2/c1-4-32-23(29)15-27-20-12-7-17(16(2)3)14-21(20)33-24(27)26-22(28)6-5-13-34(30,31)19-10-8-18(25)9-11-19/h7-12,14,16H,4-6,13,15H2,1-3H3. The van der Waals surface area contributed by atoms with Crippen LogP contribution in [-0.2, 0) is 30.7 Å². The fraction of sp³-hybridized carbons (Fsp3) is 0.375. The Hall–Kier alpha value is -2.49. The fourth-order valence-electron chi connectivity index (χ4n) is 3.36. The predicted molar refractivity (Wildman–Crippen MR) is 134 cm³/mol. The number of hydrogen-bond acceptors (Lipinski definition) is 6. The smallest absolute Gasteiger partial charge is 0.326 e. The highest BCUT2D eigenvalue weighted by Gasteiger charge is 2.16. The van der Waals surface area contributed by atoms with Gasteiger partial charge < -0.3 is 9.30 Å². The van der Waals surface area contributed by atoms with Crippen LogP contribution in [0.25, 0.3) is 10.2 Å². The van der Waals surface area contributed by atoms with Gasteiger partial charge in [-0.3, -0.25) is 9.59 Å². The lowest BCUT2D eigenvalue weighted by molar-refractivity contribution is -0.143. The first kappa shape index (κ1) is 26.1. The lowest BCUT2D eigenvalue weighted by Gasteiger charge is -2.07. The zero-order valence-electron chi connectivity index (χ0n) is 19.3. The van der Waals surface area contributed by atoms with Gasteiger partial charge in [-0.2, -0.15) is 4.99 Å². The molecule has 0 atom stereocenters. The Bertz CT molecular complexity index is 1360. The minimum Gasteiger partial charge on any atom is -0.465 e. The molecule has 0 radical (unpaired) electrons.